The van der Waals surface area contributed by atoms with Gasteiger partial charge >= 0.3 is 0 Å². The Kier molecular flexibility index (Phi) is 5.41. The van der Waals surface area contributed by atoms with Gasteiger partial charge in [0.2, 0.25) is 0 Å². The fourth-order valence-electron chi connectivity index (χ4n) is 1.28. The van der Waals surface area contributed by atoms with E-state index in [9.17, 15) is 5.11 Å². The summed E-state index contributed by atoms with van der Waals surface area (Å²) in [6, 6.07) is 0. The first kappa shape index (κ1) is 11.8. The molecule has 0 aromatic heterocycles. The second kappa shape index (κ2) is 5.48. The molecule has 0 bridgehead atoms. The van der Waals surface area contributed by atoms with Crippen molar-refractivity contribution < 1.29 is 15.3 Å². The fourth-order valence-corrected chi connectivity index (χ4v) is 1.28. The minimum absolute atomic E-state index is 0.0619. The lowest BCUT2D eigenvalue weighted by atomic mass is 9.85. The average Bonchev–Trinajstić information content (AvgIpc) is 2.04. The molecule has 0 aromatic carbocycles. The molecule has 0 aliphatic rings. The zero-order valence-corrected chi connectivity index (χ0v) is 7.53. The summed E-state index contributed by atoms with van der Waals surface area (Å²) >= 11 is 0. The number of hydrogen-bond acceptors (Lipinski definition) is 4. The monoisotopic (exact) mass is 177 g/mol. The highest BCUT2D eigenvalue weighted by Gasteiger charge is 2.31. The van der Waals surface area contributed by atoms with Gasteiger partial charge in [-0.3, -0.25) is 0 Å². The van der Waals surface area contributed by atoms with E-state index in [1.807, 2.05) is 6.92 Å². The summed E-state index contributed by atoms with van der Waals surface area (Å²) in [7, 11) is 0. The predicted octanol–water partition coefficient (Wildman–Crippen LogP) is -0.780. The van der Waals surface area contributed by atoms with Crippen LogP contribution in [0.3, 0.4) is 0 Å². The summed E-state index contributed by atoms with van der Waals surface area (Å²) in [4.78, 5) is 0. The van der Waals surface area contributed by atoms with E-state index in [2.05, 4.69) is 0 Å². The molecule has 0 aliphatic heterocycles. The summed E-state index contributed by atoms with van der Waals surface area (Å²) in [5, 5.41) is 26.9. The molecule has 4 heteroatoms. The number of rotatable bonds is 6. The van der Waals surface area contributed by atoms with Crippen molar-refractivity contribution in [1.82, 2.24) is 0 Å². The van der Waals surface area contributed by atoms with Gasteiger partial charge in [-0.05, 0) is 19.3 Å². The van der Waals surface area contributed by atoms with Crippen LogP contribution in [0.25, 0.3) is 0 Å². The molecule has 5 N–H and O–H groups in total. The maximum Gasteiger partial charge on any atom is 0.0718 e. The van der Waals surface area contributed by atoms with Crippen molar-refractivity contribution >= 4 is 0 Å². The molecule has 0 radical (unpaired) electrons. The van der Waals surface area contributed by atoms with Gasteiger partial charge in [0.05, 0.1) is 6.10 Å². The normalized spacial score (nSPS) is 14.8. The second-order valence-corrected chi connectivity index (χ2v) is 3.10. The highest BCUT2D eigenvalue weighted by molar-refractivity contribution is 4.90. The molecule has 0 aliphatic carbocycles. The van der Waals surface area contributed by atoms with Crippen molar-refractivity contribution in [1.29, 1.82) is 0 Å². The van der Waals surface area contributed by atoms with Crippen LogP contribution in [0.15, 0.2) is 0 Å². The minimum atomic E-state index is -0.835. The average molecular weight is 177 g/mol. The van der Waals surface area contributed by atoms with Crippen LogP contribution < -0.4 is 5.73 Å². The zero-order valence-electron chi connectivity index (χ0n) is 7.53. The Balaban J connectivity index is 4.15. The molecule has 74 valence electrons. The standard InChI is InChI=1S/C8H19NO3/c1-2-7(12)8(9,3-5-10)4-6-11/h7,10-12H,2-6,9H2,1H3. The quantitative estimate of drug-likeness (QED) is 0.428. The van der Waals surface area contributed by atoms with Gasteiger partial charge in [-0.2, -0.15) is 0 Å². The lowest BCUT2D eigenvalue weighted by molar-refractivity contribution is 0.0462. The maximum absolute atomic E-state index is 9.49. The topological polar surface area (TPSA) is 86.7 Å². The first-order chi connectivity index (χ1) is 5.60. The third-order valence-corrected chi connectivity index (χ3v) is 2.20. The third kappa shape index (κ3) is 3.06. The van der Waals surface area contributed by atoms with Gasteiger partial charge in [0.25, 0.3) is 0 Å². The van der Waals surface area contributed by atoms with Gasteiger partial charge < -0.3 is 21.1 Å². The van der Waals surface area contributed by atoms with Gasteiger partial charge in [0.1, 0.15) is 0 Å². The van der Waals surface area contributed by atoms with E-state index in [1.54, 1.807) is 0 Å². The van der Waals surface area contributed by atoms with E-state index in [4.69, 9.17) is 15.9 Å². The van der Waals surface area contributed by atoms with E-state index < -0.39 is 11.6 Å². The molecule has 1 unspecified atom stereocenters. The summed E-state index contributed by atoms with van der Waals surface area (Å²) in [6.07, 6.45) is 0.526. The molecule has 0 heterocycles. The van der Waals surface area contributed by atoms with Crippen molar-refractivity contribution in [3.05, 3.63) is 0 Å². The second-order valence-electron chi connectivity index (χ2n) is 3.10. The van der Waals surface area contributed by atoms with Crippen LogP contribution in [0.2, 0.25) is 0 Å². The molecule has 1 atom stereocenters. The molecular formula is C8H19NO3. The first-order valence-corrected chi connectivity index (χ1v) is 4.29. The Morgan fingerprint density at radius 3 is 1.92 bits per heavy atom. The number of aliphatic hydroxyl groups is 3. The van der Waals surface area contributed by atoms with Crippen LogP contribution >= 0.6 is 0 Å². The van der Waals surface area contributed by atoms with Gasteiger partial charge in [-0.15, -0.1) is 0 Å². The molecule has 0 fully saturated rings. The van der Waals surface area contributed by atoms with Crippen molar-refractivity contribution in [2.75, 3.05) is 13.2 Å². The SMILES string of the molecule is CCC(O)C(N)(CCO)CCO. The van der Waals surface area contributed by atoms with Crippen LogP contribution in [0, 0.1) is 0 Å². The van der Waals surface area contributed by atoms with E-state index in [0.29, 0.717) is 19.3 Å². The van der Waals surface area contributed by atoms with Gasteiger partial charge in [0.15, 0.2) is 0 Å². The first-order valence-electron chi connectivity index (χ1n) is 4.29. The van der Waals surface area contributed by atoms with E-state index in [1.165, 1.54) is 0 Å². The summed E-state index contributed by atoms with van der Waals surface area (Å²) in [5.41, 5.74) is 4.97. The Hall–Kier alpha value is -0.160. The Morgan fingerprint density at radius 1 is 1.25 bits per heavy atom. The smallest absolute Gasteiger partial charge is 0.0718 e. The van der Waals surface area contributed by atoms with Gasteiger partial charge in [0, 0.05) is 18.8 Å². The molecule has 12 heavy (non-hydrogen) atoms. The van der Waals surface area contributed by atoms with Crippen LogP contribution in [-0.4, -0.2) is 40.2 Å². The summed E-state index contributed by atoms with van der Waals surface area (Å²) < 4.78 is 0. The van der Waals surface area contributed by atoms with Crippen molar-refractivity contribution in [3.8, 4) is 0 Å². The summed E-state index contributed by atoms with van der Waals surface area (Å²) in [6.45, 7) is 1.70. The van der Waals surface area contributed by atoms with E-state index in [-0.39, 0.29) is 13.2 Å². The van der Waals surface area contributed by atoms with Crippen LogP contribution in [-0.2, 0) is 0 Å². The molecule has 0 aromatic rings. The summed E-state index contributed by atoms with van der Waals surface area (Å²) in [5.74, 6) is 0. The number of hydrogen-bond donors (Lipinski definition) is 4. The molecule has 4 nitrogen and oxygen atoms in total. The maximum atomic E-state index is 9.49. The van der Waals surface area contributed by atoms with Crippen molar-refractivity contribution in [3.63, 3.8) is 0 Å². The molecular weight excluding hydrogens is 158 g/mol. The zero-order chi connectivity index (χ0) is 9.61. The number of nitrogens with two attached hydrogens (primary N) is 1. The fraction of sp³-hybridized carbons (Fsp3) is 1.00. The minimum Gasteiger partial charge on any atom is -0.396 e. The van der Waals surface area contributed by atoms with Crippen LogP contribution in [0.5, 0.6) is 0 Å². The van der Waals surface area contributed by atoms with E-state index >= 15 is 0 Å². The van der Waals surface area contributed by atoms with Crippen LogP contribution in [0.4, 0.5) is 0 Å². The predicted molar refractivity (Wildman–Crippen MR) is 46.6 cm³/mol. The molecule has 0 saturated carbocycles. The van der Waals surface area contributed by atoms with Crippen molar-refractivity contribution in [2.45, 2.75) is 37.8 Å². The third-order valence-electron chi connectivity index (χ3n) is 2.20. The van der Waals surface area contributed by atoms with Crippen LogP contribution in [0.1, 0.15) is 26.2 Å². The molecule has 0 spiro atoms. The molecule has 0 saturated heterocycles. The van der Waals surface area contributed by atoms with Gasteiger partial charge in [-0.25, -0.2) is 0 Å². The van der Waals surface area contributed by atoms with Gasteiger partial charge in [-0.1, -0.05) is 6.92 Å². The molecule has 0 amide bonds. The molecule has 0 rings (SSSR count). The lowest BCUT2D eigenvalue weighted by Crippen LogP contribution is -2.52. The number of aliphatic hydroxyl groups excluding tert-OH is 3. The van der Waals surface area contributed by atoms with E-state index in [0.717, 1.165) is 0 Å². The Labute approximate surface area is 73.0 Å². The Bertz CT molecular complexity index is 113. The highest BCUT2D eigenvalue weighted by Crippen LogP contribution is 2.18. The highest BCUT2D eigenvalue weighted by atomic mass is 16.3. The van der Waals surface area contributed by atoms with Crippen molar-refractivity contribution in [2.24, 2.45) is 5.73 Å². The largest absolute Gasteiger partial charge is 0.396 e. The Morgan fingerprint density at radius 2 is 1.67 bits per heavy atom. The lowest BCUT2D eigenvalue weighted by Gasteiger charge is -2.32.